The van der Waals surface area contributed by atoms with Gasteiger partial charge in [0.05, 0.1) is 0 Å². The van der Waals surface area contributed by atoms with E-state index in [1.54, 1.807) is 0 Å². The Labute approximate surface area is 88.1 Å². The van der Waals surface area contributed by atoms with Crippen molar-refractivity contribution < 1.29 is 0 Å². The highest BCUT2D eigenvalue weighted by molar-refractivity contribution is 4.87. The summed E-state index contributed by atoms with van der Waals surface area (Å²) in [6.07, 6.45) is 7.00. The molecule has 82 valence electrons. The zero-order chi connectivity index (χ0) is 9.97. The molecule has 0 aromatic heterocycles. The highest BCUT2D eigenvalue weighted by Crippen LogP contribution is 2.22. The lowest BCUT2D eigenvalue weighted by Crippen LogP contribution is -2.51. The average molecular weight is 196 g/mol. The second-order valence-electron chi connectivity index (χ2n) is 5.19. The molecule has 2 atom stereocenters. The number of nitrogens with zero attached hydrogens (tertiary/aromatic N) is 1. The van der Waals surface area contributed by atoms with Crippen LogP contribution in [0.1, 0.15) is 46.0 Å². The first kappa shape index (κ1) is 10.4. The second kappa shape index (κ2) is 4.63. The summed E-state index contributed by atoms with van der Waals surface area (Å²) < 4.78 is 0. The minimum Gasteiger partial charge on any atom is -0.312 e. The van der Waals surface area contributed by atoms with Crippen LogP contribution in [0.15, 0.2) is 0 Å². The van der Waals surface area contributed by atoms with Gasteiger partial charge in [-0.25, -0.2) is 0 Å². The topological polar surface area (TPSA) is 15.3 Å². The molecule has 2 heterocycles. The summed E-state index contributed by atoms with van der Waals surface area (Å²) in [6, 6.07) is 2.29. The van der Waals surface area contributed by atoms with Crippen molar-refractivity contribution >= 4 is 0 Å². The summed E-state index contributed by atoms with van der Waals surface area (Å²) in [5.41, 5.74) is 0. The molecule has 2 saturated heterocycles. The highest BCUT2D eigenvalue weighted by atomic mass is 15.2. The Bertz CT molecular complexity index is 165. The smallest absolute Gasteiger partial charge is 0.0125 e. The molecule has 0 radical (unpaired) electrons. The van der Waals surface area contributed by atoms with Gasteiger partial charge < -0.3 is 10.2 Å². The first-order valence-corrected chi connectivity index (χ1v) is 6.26. The molecule has 1 N–H and O–H groups in total. The summed E-state index contributed by atoms with van der Waals surface area (Å²) >= 11 is 0. The van der Waals surface area contributed by atoms with E-state index in [0.717, 1.165) is 6.04 Å². The van der Waals surface area contributed by atoms with E-state index >= 15 is 0 Å². The average Bonchev–Trinajstić information content (AvgIpc) is 2.18. The fraction of sp³-hybridized carbons (Fsp3) is 1.00. The molecule has 14 heavy (non-hydrogen) atoms. The fourth-order valence-corrected chi connectivity index (χ4v) is 3.12. The first-order chi connectivity index (χ1) is 6.75. The van der Waals surface area contributed by atoms with Crippen LogP contribution in [0, 0.1) is 0 Å². The van der Waals surface area contributed by atoms with E-state index in [2.05, 4.69) is 24.1 Å². The van der Waals surface area contributed by atoms with Crippen LogP contribution < -0.4 is 5.32 Å². The molecule has 0 aliphatic carbocycles. The van der Waals surface area contributed by atoms with Crippen molar-refractivity contribution in [3.8, 4) is 0 Å². The van der Waals surface area contributed by atoms with E-state index in [4.69, 9.17) is 0 Å². The molecule has 2 unspecified atom stereocenters. The molecular weight excluding hydrogens is 172 g/mol. The standard InChI is InChI=1S/C12H24N2/c1-10-8-12(9-11(2)13-10)14-6-4-3-5-7-14/h10-13H,3-9H2,1-2H3. The minimum atomic E-state index is 0.714. The molecule has 2 nitrogen and oxygen atoms in total. The molecule has 2 aliphatic rings. The molecule has 0 aromatic rings. The maximum Gasteiger partial charge on any atom is 0.0125 e. The van der Waals surface area contributed by atoms with E-state index in [1.165, 1.54) is 45.2 Å². The van der Waals surface area contributed by atoms with E-state index in [9.17, 15) is 0 Å². The van der Waals surface area contributed by atoms with Crippen molar-refractivity contribution in [1.82, 2.24) is 10.2 Å². The van der Waals surface area contributed by atoms with Gasteiger partial charge in [0.2, 0.25) is 0 Å². The molecule has 2 rings (SSSR count). The summed E-state index contributed by atoms with van der Waals surface area (Å²) in [5.74, 6) is 0. The zero-order valence-corrected chi connectivity index (χ0v) is 9.63. The monoisotopic (exact) mass is 196 g/mol. The van der Waals surface area contributed by atoms with Gasteiger partial charge in [-0.2, -0.15) is 0 Å². The van der Waals surface area contributed by atoms with Gasteiger partial charge in [0.1, 0.15) is 0 Å². The van der Waals surface area contributed by atoms with Gasteiger partial charge in [-0.05, 0) is 52.6 Å². The van der Waals surface area contributed by atoms with Crippen molar-refractivity contribution in [2.45, 2.75) is 64.1 Å². The fourth-order valence-electron chi connectivity index (χ4n) is 3.12. The van der Waals surface area contributed by atoms with Crippen LogP contribution in [0.4, 0.5) is 0 Å². The van der Waals surface area contributed by atoms with Gasteiger partial charge in [-0.3, -0.25) is 0 Å². The van der Waals surface area contributed by atoms with E-state index in [0.29, 0.717) is 12.1 Å². The number of hydrogen-bond donors (Lipinski definition) is 1. The van der Waals surface area contributed by atoms with Gasteiger partial charge in [-0.15, -0.1) is 0 Å². The summed E-state index contributed by atoms with van der Waals surface area (Å²) in [7, 11) is 0. The van der Waals surface area contributed by atoms with Crippen LogP contribution in [-0.4, -0.2) is 36.1 Å². The molecule has 2 aliphatic heterocycles. The van der Waals surface area contributed by atoms with Crippen LogP contribution >= 0.6 is 0 Å². The van der Waals surface area contributed by atoms with Crippen LogP contribution in [-0.2, 0) is 0 Å². The molecule has 2 fully saturated rings. The maximum atomic E-state index is 3.62. The third-order valence-corrected chi connectivity index (χ3v) is 3.73. The van der Waals surface area contributed by atoms with E-state index in [1.807, 2.05) is 0 Å². The third kappa shape index (κ3) is 2.48. The van der Waals surface area contributed by atoms with E-state index < -0.39 is 0 Å². The Morgan fingerprint density at radius 2 is 1.50 bits per heavy atom. The number of piperidine rings is 2. The van der Waals surface area contributed by atoms with E-state index in [-0.39, 0.29) is 0 Å². The molecule has 0 aromatic carbocycles. The maximum absolute atomic E-state index is 3.62. The summed E-state index contributed by atoms with van der Waals surface area (Å²) in [4.78, 5) is 2.73. The molecular formula is C12H24N2. The van der Waals surface area contributed by atoms with Crippen molar-refractivity contribution in [2.24, 2.45) is 0 Å². The minimum absolute atomic E-state index is 0.714. The highest BCUT2D eigenvalue weighted by Gasteiger charge is 2.28. The third-order valence-electron chi connectivity index (χ3n) is 3.73. The normalized spacial score (nSPS) is 41.1. The van der Waals surface area contributed by atoms with Crippen molar-refractivity contribution in [3.05, 3.63) is 0 Å². The largest absolute Gasteiger partial charge is 0.312 e. The second-order valence-corrected chi connectivity index (χ2v) is 5.19. The Balaban J connectivity index is 1.88. The lowest BCUT2D eigenvalue weighted by Gasteiger charge is -2.41. The Kier molecular flexibility index (Phi) is 3.45. The van der Waals surface area contributed by atoms with Crippen LogP contribution in [0.25, 0.3) is 0 Å². The molecule has 0 spiro atoms. The van der Waals surface area contributed by atoms with Gasteiger partial charge in [0.15, 0.2) is 0 Å². The van der Waals surface area contributed by atoms with Gasteiger partial charge in [-0.1, -0.05) is 6.42 Å². The Hall–Kier alpha value is -0.0800. The van der Waals surface area contributed by atoms with Crippen molar-refractivity contribution in [1.29, 1.82) is 0 Å². The number of likely N-dealkylation sites (tertiary alicyclic amines) is 1. The van der Waals surface area contributed by atoms with Gasteiger partial charge in [0.25, 0.3) is 0 Å². The summed E-state index contributed by atoms with van der Waals surface area (Å²) in [5, 5.41) is 3.62. The SMILES string of the molecule is CC1CC(N2CCCCC2)CC(C)N1. The first-order valence-electron chi connectivity index (χ1n) is 6.26. The Morgan fingerprint density at radius 3 is 2.07 bits per heavy atom. The predicted molar refractivity (Wildman–Crippen MR) is 60.5 cm³/mol. The van der Waals surface area contributed by atoms with Crippen molar-refractivity contribution in [2.75, 3.05) is 13.1 Å². The van der Waals surface area contributed by atoms with Crippen LogP contribution in [0.3, 0.4) is 0 Å². The zero-order valence-electron chi connectivity index (χ0n) is 9.63. The molecule has 0 bridgehead atoms. The molecule has 2 heteroatoms. The molecule has 0 saturated carbocycles. The number of hydrogen-bond acceptors (Lipinski definition) is 2. The van der Waals surface area contributed by atoms with Crippen LogP contribution in [0.2, 0.25) is 0 Å². The van der Waals surface area contributed by atoms with Gasteiger partial charge in [0, 0.05) is 18.1 Å². The van der Waals surface area contributed by atoms with Gasteiger partial charge >= 0.3 is 0 Å². The number of nitrogens with one attached hydrogen (secondary N) is 1. The lowest BCUT2D eigenvalue weighted by molar-refractivity contribution is 0.109. The van der Waals surface area contributed by atoms with Crippen LogP contribution in [0.5, 0.6) is 0 Å². The lowest BCUT2D eigenvalue weighted by atomic mass is 9.92. The Morgan fingerprint density at radius 1 is 0.929 bits per heavy atom. The van der Waals surface area contributed by atoms with Crippen molar-refractivity contribution in [3.63, 3.8) is 0 Å². The summed E-state index contributed by atoms with van der Waals surface area (Å²) in [6.45, 7) is 7.35. The predicted octanol–water partition coefficient (Wildman–Crippen LogP) is 2.00. The quantitative estimate of drug-likeness (QED) is 0.690. The number of rotatable bonds is 1. The molecule has 0 amide bonds.